The van der Waals surface area contributed by atoms with Crippen molar-refractivity contribution in [2.75, 3.05) is 13.2 Å². The smallest absolute Gasteiger partial charge is 0.394 e. The van der Waals surface area contributed by atoms with Crippen molar-refractivity contribution in [2.45, 2.75) is 223 Å². The second-order valence-electron chi connectivity index (χ2n) is 15.1. The molecular formula is C40H77NO12S. The molecule has 1 amide bonds. The molecule has 0 aromatic heterocycles. The Balaban J connectivity index is 2.58. The van der Waals surface area contributed by atoms with Crippen molar-refractivity contribution in [3.05, 3.63) is 12.2 Å². The van der Waals surface area contributed by atoms with Crippen LogP contribution in [0.25, 0.3) is 0 Å². The molecule has 0 bridgehead atoms. The van der Waals surface area contributed by atoms with Crippen LogP contribution in [0.4, 0.5) is 0 Å². The molecule has 13 nitrogen and oxygen atoms in total. The molecule has 0 radical (unpaired) electrons. The third-order valence-electron chi connectivity index (χ3n) is 10.2. The average molecular weight is 796 g/mol. The van der Waals surface area contributed by atoms with Crippen molar-refractivity contribution in [3.8, 4) is 0 Å². The summed E-state index contributed by atoms with van der Waals surface area (Å²) < 4.78 is 47.3. The maximum absolute atomic E-state index is 13.0. The molecule has 7 N–H and O–H groups in total. The van der Waals surface area contributed by atoms with Crippen LogP contribution in [0.15, 0.2) is 12.2 Å². The van der Waals surface area contributed by atoms with Gasteiger partial charge in [0, 0.05) is 0 Å². The number of carbonyl (C=O) groups excluding carboxylic acids is 1. The lowest BCUT2D eigenvalue weighted by atomic mass is 9.99. The van der Waals surface area contributed by atoms with Gasteiger partial charge in [0.1, 0.15) is 30.5 Å². The van der Waals surface area contributed by atoms with E-state index in [0.717, 1.165) is 64.2 Å². The summed E-state index contributed by atoms with van der Waals surface area (Å²) in [6.45, 7) is 3.22. The molecule has 1 fully saturated rings. The molecule has 0 aliphatic carbocycles. The van der Waals surface area contributed by atoms with Crippen molar-refractivity contribution in [1.82, 2.24) is 5.32 Å². The van der Waals surface area contributed by atoms with Crippen molar-refractivity contribution in [2.24, 2.45) is 0 Å². The Labute approximate surface area is 326 Å². The molecule has 320 valence electrons. The van der Waals surface area contributed by atoms with Crippen LogP contribution < -0.4 is 5.32 Å². The minimum absolute atomic E-state index is 0.254. The topological polar surface area (TPSA) is 212 Å². The molecule has 1 rings (SSSR count). The van der Waals surface area contributed by atoms with E-state index in [2.05, 4.69) is 35.5 Å². The molecule has 1 saturated heterocycles. The number of carbonyl (C=O) groups is 1. The second-order valence-corrected chi connectivity index (χ2v) is 16.1. The van der Waals surface area contributed by atoms with E-state index in [1.54, 1.807) is 0 Å². The van der Waals surface area contributed by atoms with E-state index < -0.39 is 78.5 Å². The summed E-state index contributed by atoms with van der Waals surface area (Å²) in [5.41, 5.74) is 0. The van der Waals surface area contributed by atoms with Crippen LogP contribution in [-0.2, 0) is 28.9 Å². The first-order chi connectivity index (χ1) is 25.9. The maximum Gasteiger partial charge on any atom is 0.397 e. The monoisotopic (exact) mass is 796 g/mol. The molecule has 8 unspecified atom stereocenters. The van der Waals surface area contributed by atoms with Crippen LogP contribution in [0.3, 0.4) is 0 Å². The zero-order valence-corrected chi connectivity index (χ0v) is 34.2. The number of unbranched alkanes of at least 4 members (excludes halogenated alkanes) is 20. The lowest BCUT2D eigenvalue weighted by Crippen LogP contribution is -2.61. The lowest BCUT2D eigenvalue weighted by Gasteiger charge is -2.41. The zero-order chi connectivity index (χ0) is 40.0. The minimum atomic E-state index is -5.10. The molecule has 1 aliphatic rings. The fourth-order valence-corrected chi connectivity index (χ4v) is 7.26. The van der Waals surface area contributed by atoms with E-state index in [4.69, 9.17) is 14.0 Å². The van der Waals surface area contributed by atoms with Gasteiger partial charge < -0.3 is 40.3 Å². The number of aliphatic hydroxyl groups is 5. The van der Waals surface area contributed by atoms with Crippen LogP contribution in [0.5, 0.6) is 0 Å². The van der Waals surface area contributed by atoms with Gasteiger partial charge in [-0.15, -0.1) is 0 Å². The summed E-state index contributed by atoms with van der Waals surface area (Å²) in [5, 5.41) is 55.0. The highest BCUT2D eigenvalue weighted by atomic mass is 32.3. The SMILES string of the molecule is CCCCCCCC/C=C\CCCCCCCCC(O)C(=O)NC(COC1OC(CO)C(O)C(OS(=O)(=O)O)C1O)C(O)CCCCCCCCCCC. The number of rotatable bonds is 35. The fraction of sp³-hybridized carbons (Fsp3) is 0.925. The molecule has 1 heterocycles. The number of allylic oxidation sites excluding steroid dienone is 2. The zero-order valence-electron chi connectivity index (χ0n) is 33.4. The van der Waals surface area contributed by atoms with Gasteiger partial charge in [-0.2, -0.15) is 8.42 Å². The third-order valence-corrected chi connectivity index (χ3v) is 10.6. The Hall–Kier alpha value is -1.20. The molecule has 0 spiro atoms. The van der Waals surface area contributed by atoms with E-state index in [-0.39, 0.29) is 6.42 Å². The first-order valence-corrected chi connectivity index (χ1v) is 22.5. The summed E-state index contributed by atoms with van der Waals surface area (Å²) >= 11 is 0. The second kappa shape index (κ2) is 31.8. The summed E-state index contributed by atoms with van der Waals surface area (Å²) in [4.78, 5) is 13.0. The highest BCUT2D eigenvalue weighted by molar-refractivity contribution is 7.80. The van der Waals surface area contributed by atoms with Crippen LogP contribution in [0.2, 0.25) is 0 Å². The van der Waals surface area contributed by atoms with Crippen LogP contribution >= 0.6 is 0 Å². The number of nitrogens with one attached hydrogen (secondary N) is 1. The Kier molecular flexibility index (Phi) is 30.0. The summed E-state index contributed by atoms with van der Waals surface area (Å²) in [7, 11) is -5.10. The average Bonchev–Trinajstić information content (AvgIpc) is 3.14. The Morgan fingerprint density at radius 1 is 0.722 bits per heavy atom. The normalized spacial score (nSPS) is 22.4. The number of hydrogen-bond acceptors (Lipinski definition) is 11. The molecule has 0 aromatic rings. The van der Waals surface area contributed by atoms with Gasteiger partial charge in [0.2, 0.25) is 5.91 Å². The quantitative estimate of drug-likeness (QED) is 0.0218. The van der Waals surface area contributed by atoms with Crippen LogP contribution in [-0.4, -0.2) is 107 Å². The lowest BCUT2D eigenvalue weighted by molar-refractivity contribution is -0.298. The molecule has 8 atom stereocenters. The van der Waals surface area contributed by atoms with Gasteiger partial charge in [0.15, 0.2) is 6.29 Å². The van der Waals surface area contributed by atoms with Crippen molar-refractivity contribution in [3.63, 3.8) is 0 Å². The van der Waals surface area contributed by atoms with E-state index in [1.807, 2.05) is 0 Å². The molecular weight excluding hydrogens is 719 g/mol. The van der Waals surface area contributed by atoms with Crippen molar-refractivity contribution >= 4 is 16.3 Å². The van der Waals surface area contributed by atoms with Gasteiger partial charge in [-0.05, 0) is 38.5 Å². The van der Waals surface area contributed by atoms with Crippen LogP contribution in [0.1, 0.15) is 174 Å². The number of aliphatic hydroxyl groups excluding tert-OH is 5. The van der Waals surface area contributed by atoms with Crippen molar-refractivity contribution in [1.29, 1.82) is 0 Å². The van der Waals surface area contributed by atoms with E-state index in [0.29, 0.717) is 19.3 Å². The predicted octanol–water partition coefficient (Wildman–Crippen LogP) is 6.19. The van der Waals surface area contributed by atoms with Gasteiger partial charge in [-0.1, -0.05) is 148 Å². The Bertz CT molecular complexity index is 1050. The van der Waals surface area contributed by atoms with E-state index >= 15 is 0 Å². The summed E-state index contributed by atoms with van der Waals surface area (Å²) in [6.07, 6.45) is 19.9. The number of amides is 1. The number of ether oxygens (including phenoxy) is 2. The predicted molar refractivity (Wildman–Crippen MR) is 210 cm³/mol. The van der Waals surface area contributed by atoms with E-state index in [9.17, 15) is 38.7 Å². The minimum Gasteiger partial charge on any atom is -0.394 e. The fourth-order valence-electron chi connectivity index (χ4n) is 6.75. The molecule has 0 saturated carbocycles. The molecule has 54 heavy (non-hydrogen) atoms. The van der Waals surface area contributed by atoms with Gasteiger partial charge >= 0.3 is 10.4 Å². The largest absolute Gasteiger partial charge is 0.397 e. The van der Waals surface area contributed by atoms with Gasteiger partial charge in [-0.3, -0.25) is 9.35 Å². The first kappa shape index (κ1) is 50.8. The number of hydrogen-bond donors (Lipinski definition) is 7. The van der Waals surface area contributed by atoms with Gasteiger partial charge in [-0.25, -0.2) is 4.18 Å². The highest BCUT2D eigenvalue weighted by Gasteiger charge is 2.48. The van der Waals surface area contributed by atoms with Crippen molar-refractivity contribution < 1.29 is 57.0 Å². The Morgan fingerprint density at radius 2 is 1.19 bits per heavy atom. The Morgan fingerprint density at radius 3 is 1.67 bits per heavy atom. The summed E-state index contributed by atoms with van der Waals surface area (Å²) in [5.74, 6) is -0.677. The summed E-state index contributed by atoms with van der Waals surface area (Å²) in [6, 6.07) is -1.03. The molecule has 1 aliphatic heterocycles. The van der Waals surface area contributed by atoms with Gasteiger partial charge in [0.05, 0.1) is 25.4 Å². The van der Waals surface area contributed by atoms with Gasteiger partial charge in [0.25, 0.3) is 0 Å². The third kappa shape index (κ3) is 24.4. The van der Waals surface area contributed by atoms with E-state index in [1.165, 1.54) is 70.6 Å². The van der Waals surface area contributed by atoms with Crippen LogP contribution in [0, 0.1) is 0 Å². The molecule has 0 aromatic carbocycles. The standard InChI is InChI=1S/C40H77NO12S/c1-3-5-7-9-11-13-14-15-16-17-18-19-21-23-25-27-29-34(44)39(47)41-32(33(43)28-26-24-22-20-12-10-8-6-4-2)31-51-40-37(46)38(53-54(48,49)50)36(45)35(30-42)52-40/h15-16,32-38,40,42-46H,3-14,17-31H2,1-2H3,(H,41,47)(H,48,49,50)/b16-15-. The highest BCUT2D eigenvalue weighted by Crippen LogP contribution is 2.26. The maximum atomic E-state index is 13.0. The molecule has 14 heteroatoms. The first-order valence-electron chi connectivity index (χ1n) is 21.2.